The SMILES string of the molecule is CC(C)(C)OC(=O)CNC(=O)[C@H](Cc1ccc(OC(C)(C)C)cc1)NC(=O)OC(C)(C)C. The number of nitrogens with one attached hydrogen (secondary N) is 2. The van der Waals surface area contributed by atoms with Crippen LogP contribution in [0.5, 0.6) is 5.75 Å². The minimum atomic E-state index is -0.943. The molecule has 1 aromatic carbocycles. The number of benzene rings is 1. The van der Waals surface area contributed by atoms with Gasteiger partial charge in [-0.1, -0.05) is 12.1 Å². The van der Waals surface area contributed by atoms with Crippen LogP contribution in [-0.2, 0) is 25.5 Å². The second-order valence-corrected chi connectivity index (χ2v) is 10.6. The lowest BCUT2D eigenvalue weighted by Gasteiger charge is -2.24. The topological polar surface area (TPSA) is 103 Å². The zero-order valence-electron chi connectivity index (χ0n) is 20.8. The lowest BCUT2D eigenvalue weighted by molar-refractivity contribution is -0.154. The van der Waals surface area contributed by atoms with Crippen LogP contribution in [0.2, 0.25) is 0 Å². The van der Waals surface area contributed by atoms with E-state index in [0.29, 0.717) is 5.75 Å². The normalized spacial score (nSPS) is 13.0. The second kappa shape index (κ2) is 10.7. The summed E-state index contributed by atoms with van der Waals surface area (Å²) < 4.78 is 16.3. The summed E-state index contributed by atoms with van der Waals surface area (Å²) in [7, 11) is 0. The molecule has 0 heterocycles. The van der Waals surface area contributed by atoms with Crippen molar-refractivity contribution < 1.29 is 28.6 Å². The molecule has 8 heteroatoms. The van der Waals surface area contributed by atoms with Gasteiger partial charge >= 0.3 is 12.1 Å². The van der Waals surface area contributed by atoms with E-state index < -0.39 is 35.2 Å². The van der Waals surface area contributed by atoms with Crippen molar-refractivity contribution in [2.45, 2.75) is 91.6 Å². The van der Waals surface area contributed by atoms with Crippen LogP contribution in [0.4, 0.5) is 4.79 Å². The third kappa shape index (κ3) is 12.2. The van der Waals surface area contributed by atoms with Gasteiger partial charge in [0, 0.05) is 6.42 Å². The first-order chi connectivity index (χ1) is 14.4. The summed E-state index contributed by atoms with van der Waals surface area (Å²) in [4.78, 5) is 37.0. The van der Waals surface area contributed by atoms with Gasteiger partial charge in [-0.3, -0.25) is 9.59 Å². The van der Waals surface area contributed by atoms with E-state index in [1.54, 1.807) is 41.5 Å². The molecule has 0 fully saturated rings. The molecule has 0 saturated carbocycles. The molecule has 0 aliphatic carbocycles. The van der Waals surface area contributed by atoms with E-state index in [4.69, 9.17) is 14.2 Å². The molecule has 1 atom stereocenters. The smallest absolute Gasteiger partial charge is 0.408 e. The third-order valence-corrected chi connectivity index (χ3v) is 3.62. The predicted molar refractivity (Wildman–Crippen MR) is 123 cm³/mol. The molecule has 180 valence electrons. The van der Waals surface area contributed by atoms with E-state index >= 15 is 0 Å². The van der Waals surface area contributed by atoms with Crippen molar-refractivity contribution in [2.24, 2.45) is 0 Å². The number of amides is 2. The summed E-state index contributed by atoms with van der Waals surface area (Å²) in [5.74, 6) is -0.380. The lowest BCUT2D eigenvalue weighted by Crippen LogP contribution is -2.50. The maximum atomic E-state index is 12.8. The molecule has 0 aliphatic heterocycles. The fourth-order valence-corrected chi connectivity index (χ4v) is 2.60. The second-order valence-electron chi connectivity index (χ2n) is 10.6. The minimum Gasteiger partial charge on any atom is -0.488 e. The quantitative estimate of drug-likeness (QED) is 0.613. The van der Waals surface area contributed by atoms with Gasteiger partial charge in [0.2, 0.25) is 5.91 Å². The first kappa shape index (κ1) is 27.3. The number of carbonyl (C=O) groups excluding carboxylic acids is 3. The average Bonchev–Trinajstić information content (AvgIpc) is 2.56. The molecule has 2 amide bonds. The standard InChI is InChI=1S/C24H38N2O6/c1-22(2,3)30-17-12-10-16(11-13-17)14-18(26-21(29)32-24(7,8)9)20(28)25-15-19(27)31-23(4,5)6/h10-13,18H,14-15H2,1-9H3,(H,25,28)(H,26,29)/t18-/m0/s1. The molecule has 1 rings (SSSR count). The molecule has 0 aromatic heterocycles. The predicted octanol–water partition coefficient (Wildman–Crippen LogP) is 3.76. The fourth-order valence-electron chi connectivity index (χ4n) is 2.60. The van der Waals surface area contributed by atoms with Crippen LogP contribution in [0.1, 0.15) is 67.9 Å². The first-order valence-electron chi connectivity index (χ1n) is 10.7. The van der Waals surface area contributed by atoms with Crippen LogP contribution in [0.3, 0.4) is 0 Å². The number of hydrogen-bond acceptors (Lipinski definition) is 6. The summed E-state index contributed by atoms with van der Waals surface area (Å²) in [6, 6.07) is 6.33. The highest BCUT2D eigenvalue weighted by Crippen LogP contribution is 2.19. The Morgan fingerprint density at radius 2 is 1.34 bits per heavy atom. The molecule has 0 aliphatic rings. The number of carbonyl (C=O) groups is 3. The Morgan fingerprint density at radius 3 is 1.81 bits per heavy atom. The number of hydrogen-bond donors (Lipinski definition) is 2. The van der Waals surface area contributed by atoms with Crippen molar-refractivity contribution in [2.75, 3.05) is 6.54 Å². The average molecular weight is 451 g/mol. The highest BCUT2D eigenvalue weighted by atomic mass is 16.6. The largest absolute Gasteiger partial charge is 0.488 e. The van der Waals surface area contributed by atoms with Gasteiger partial charge in [-0.2, -0.15) is 0 Å². The van der Waals surface area contributed by atoms with Crippen molar-refractivity contribution in [3.05, 3.63) is 29.8 Å². The third-order valence-electron chi connectivity index (χ3n) is 3.62. The van der Waals surface area contributed by atoms with Crippen molar-refractivity contribution in [3.8, 4) is 5.75 Å². The summed E-state index contributed by atoms with van der Waals surface area (Å²) in [5.41, 5.74) is -0.899. The molecule has 0 radical (unpaired) electrons. The van der Waals surface area contributed by atoms with E-state index in [0.717, 1.165) is 5.56 Å². The molecule has 32 heavy (non-hydrogen) atoms. The number of rotatable bonds is 7. The summed E-state index contributed by atoms with van der Waals surface area (Å²) >= 11 is 0. The monoisotopic (exact) mass is 450 g/mol. The Hall–Kier alpha value is -2.77. The number of alkyl carbamates (subject to hydrolysis) is 1. The van der Waals surface area contributed by atoms with Gasteiger partial charge in [-0.15, -0.1) is 0 Å². The Kier molecular flexibility index (Phi) is 9.12. The van der Waals surface area contributed by atoms with Gasteiger partial charge in [0.05, 0.1) is 0 Å². The van der Waals surface area contributed by atoms with Crippen LogP contribution in [-0.4, -0.2) is 47.4 Å². The van der Waals surface area contributed by atoms with Gasteiger partial charge in [0.25, 0.3) is 0 Å². The maximum Gasteiger partial charge on any atom is 0.408 e. The lowest BCUT2D eigenvalue weighted by atomic mass is 10.0. The van der Waals surface area contributed by atoms with E-state index in [9.17, 15) is 14.4 Å². The number of esters is 1. The highest BCUT2D eigenvalue weighted by Gasteiger charge is 2.26. The molecule has 0 unspecified atom stereocenters. The zero-order valence-corrected chi connectivity index (χ0v) is 20.8. The zero-order chi connectivity index (χ0) is 24.7. The Bertz CT molecular complexity index is 783. The summed E-state index contributed by atoms with van der Waals surface area (Å²) in [6.45, 7) is 16.0. The van der Waals surface area contributed by atoms with Gasteiger partial charge < -0.3 is 24.8 Å². The van der Waals surface area contributed by atoms with Crippen molar-refractivity contribution in [3.63, 3.8) is 0 Å². The molecule has 0 bridgehead atoms. The highest BCUT2D eigenvalue weighted by molar-refractivity contribution is 5.88. The molecular formula is C24H38N2O6. The molecular weight excluding hydrogens is 412 g/mol. The van der Waals surface area contributed by atoms with Crippen LogP contribution < -0.4 is 15.4 Å². The molecule has 8 nitrogen and oxygen atoms in total. The van der Waals surface area contributed by atoms with Gasteiger partial charge in [-0.25, -0.2) is 4.79 Å². The molecule has 0 spiro atoms. The maximum absolute atomic E-state index is 12.8. The van der Waals surface area contributed by atoms with Crippen LogP contribution >= 0.6 is 0 Å². The van der Waals surface area contributed by atoms with Crippen LogP contribution in [0.15, 0.2) is 24.3 Å². The van der Waals surface area contributed by atoms with Crippen LogP contribution in [0, 0.1) is 0 Å². The van der Waals surface area contributed by atoms with Gasteiger partial charge in [-0.05, 0) is 80.0 Å². The Morgan fingerprint density at radius 1 is 0.812 bits per heavy atom. The summed E-state index contributed by atoms with van der Waals surface area (Å²) in [5, 5.41) is 5.12. The van der Waals surface area contributed by atoms with E-state index in [1.807, 2.05) is 45.0 Å². The molecule has 0 saturated heterocycles. The number of ether oxygens (including phenoxy) is 3. The Labute approximate surface area is 191 Å². The minimum absolute atomic E-state index is 0.204. The van der Waals surface area contributed by atoms with Gasteiger partial charge in [0.1, 0.15) is 35.1 Å². The van der Waals surface area contributed by atoms with Crippen molar-refractivity contribution in [1.29, 1.82) is 0 Å². The van der Waals surface area contributed by atoms with E-state index in [2.05, 4.69) is 10.6 Å². The van der Waals surface area contributed by atoms with Crippen molar-refractivity contribution >= 4 is 18.0 Å². The Balaban J connectivity index is 2.89. The molecule has 1 aromatic rings. The fraction of sp³-hybridized carbons (Fsp3) is 0.625. The van der Waals surface area contributed by atoms with Crippen molar-refractivity contribution in [1.82, 2.24) is 10.6 Å². The van der Waals surface area contributed by atoms with Gasteiger partial charge in [0.15, 0.2) is 0 Å². The first-order valence-corrected chi connectivity index (χ1v) is 10.7. The van der Waals surface area contributed by atoms with E-state index in [1.165, 1.54) is 0 Å². The van der Waals surface area contributed by atoms with E-state index in [-0.39, 0.29) is 18.6 Å². The van der Waals surface area contributed by atoms with Crippen LogP contribution in [0.25, 0.3) is 0 Å². The summed E-state index contributed by atoms with van der Waals surface area (Å²) in [6.07, 6.45) is -0.516. The molecule has 2 N–H and O–H groups in total.